The van der Waals surface area contributed by atoms with E-state index >= 15 is 0 Å². The summed E-state index contributed by atoms with van der Waals surface area (Å²) < 4.78 is 67.2. The van der Waals surface area contributed by atoms with Gasteiger partial charge in [0, 0.05) is 18.0 Å². The maximum atomic E-state index is 12.6. The molecule has 1 aromatic rings. The molecule has 0 fully saturated rings. The minimum atomic E-state index is -4.86. The van der Waals surface area contributed by atoms with Crippen LogP contribution in [-0.4, -0.2) is 18.1 Å². The summed E-state index contributed by atoms with van der Waals surface area (Å²) in [6, 6.07) is 0. The van der Waals surface area contributed by atoms with Gasteiger partial charge >= 0.3 is 12.1 Å². The van der Waals surface area contributed by atoms with Crippen LogP contribution in [0, 0.1) is 0 Å². The van der Waals surface area contributed by atoms with Crippen molar-refractivity contribution in [3.05, 3.63) is 29.1 Å². The molecule has 0 N–H and O–H groups in total. The molecule has 0 aliphatic carbocycles. The number of aromatic nitrogens is 1. The summed E-state index contributed by atoms with van der Waals surface area (Å²) in [6.45, 7) is 0. The first-order chi connectivity index (χ1) is 8.27. The van der Waals surface area contributed by atoms with Crippen LogP contribution in [0.5, 0.6) is 0 Å². The zero-order valence-corrected chi connectivity index (χ0v) is 9.09. The minimum Gasteiger partial charge on any atom is -0.469 e. The molecule has 0 radical (unpaired) electrons. The maximum absolute atomic E-state index is 12.6. The van der Waals surface area contributed by atoms with E-state index in [2.05, 4.69) is 9.72 Å². The third kappa shape index (κ3) is 3.14. The highest BCUT2D eigenvalue weighted by atomic mass is 19.4. The van der Waals surface area contributed by atoms with Gasteiger partial charge in [0.05, 0.1) is 19.1 Å². The van der Waals surface area contributed by atoms with Gasteiger partial charge in [-0.25, -0.2) is 8.78 Å². The highest BCUT2D eigenvalue weighted by molar-refractivity contribution is 5.73. The van der Waals surface area contributed by atoms with E-state index in [1.165, 1.54) is 0 Å². The van der Waals surface area contributed by atoms with Crippen molar-refractivity contribution in [3.63, 3.8) is 0 Å². The highest BCUT2D eigenvalue weighted by Crippen LogP contribution is 2.35. The lowest BCUT2D eigenvalue weighted by atomic mass is 10.0. The highest BCUT2D eigenvalue weighted by Gasteiger charge is 2.36. The second-order valence-corrected chi connectivity index (χ2v) is 3.31. The van der Waals surface area contributed by atoms with Gasteiger partial charge in [0.25, 0.3) is 6.43 Å². The van der Waals surface area contributed by atoms with Crippen LogP contribution in [0.15, 0.2) is 12.4 Å². The summed E-state index contributed by atoms with van der Waals surface area (Å²) in [5.41, 5.74) is -3.08. The molecule has 0 spiro atoms. The molecule has 1 heterocycles. The van der Waals surface area contributed by atoms with Gasteiger partial charge in [-0.15, -0.1) is 0 Å². The van der Waals surface area contributed by atoms with Crippen molar-refractivity contribution in [1.82, 2.24) is 4.98 Å². The number of alkyl halides is 5. The van der Waals surface area contributed by atoms with Crippen molar-refractivity contribution in [1.29, 1.82) is 0 Å². The van der Waals surface area contributed by atoms with Crippen LogP contribution in [0.25, 0.3) is 0 Å². The van der Waals surface area contributed by atoms with Crippen molar-refractivity contribution in [2.45, 2.75) is 19.0 Å². The van der Waals surface area contributed by atoms with Gasteiger partial charge in [0.2, 0.25) is 0 Å². The normalized spacial score (nSPS) is 11.7. The molecule has 0 saturated heterocycles. The number of carbonyl (C=O) groups is 1. The van der Waals surface area contributed by atoms with Crippen LogP contribution in [0.1, 0.15) is 23.1 Å². The molecule has 0 aliphatic heterocycles. The SMILES string of the molecule is COC(=O)Cc1c(C(F)F)cncc1C(F)(F)F. The summed E-state index contributed by atoms with van der Waals surface area (Å²) in [5, 5.41) is 0. The van der Waals surface area contributed by atoms with Crippen molar-refractivity contribution < 1.29 is 31.5 Å². The molecular weight excluding hydrogens is 261 g/mol. The number of hydrogen-bond donors (Lipinski definition) is 0. The average molecular weight is 269 g/mol. The van der Waals surface area contributed by atoms with E-state index in [0.717, 1.165) is 7.11 Å². The van der Waals surface area contributed by atoms with Crippen LogP contribution in [0.3, 0.4) is 0 Å². The standard InChI is InChI=1S/C10H8F5NO2/c1-18-8(17)2-5-6(9(11)12)3-16-4-7(5)10(13,14)15/h3-4,9H,2H2,1H3. The first-order valence-electron chi connectivity index (χ1n) is 4.66. The smallest absolute Gasteiger partial charge is 0.418 e. The Morgan fingerprint density at radius 1 is 1.39 bits per heavy atom. The van der Waals surface area contributed by atoms with E-state index in [9.17, 15) is 26.7 Å². The Hall–Kier alpha value is -1.73. The summed E-state index contributed by atoms with van der Waals surface area (Å²) >= 11 is 0. The first-order valence-corrected chi connectivity index (χ1v) is 4.66. The number of carbonyl (C=O) groups excluding carboxylic acids is 1. The van der Waals surface area contributed by atoms with E-state index in [4.69, 9.17) is 0 Å². The van der Waals surface area contributed by atoms with Gasteiger partial charge in [0.1, 0.15) is 0 Å². The fraction of sp³-hybridized carbons (Fsp3) is 0.400. The third-order valence-electron chi connectivity index (χ3n) is 2.18. The molecule has 0 amide bonds. The molecule has 1 aromatic heterocycles. The number of halogens is 5. The first kappa shape index (κ1) is 14.3. The lowest BCUT2D eigenvalue weighted by molar-refractivity contribution is -0.141. The van der Waals surface area contributed by atoms with Crippen LogP contribution in [0.4, 0.5) is 22.0 Å². The number of esters is 1. The van der Waals surface area contributed by atoms with E-state index in [1.54, 1.807) is 0 Å². The molecule has 0 unspecified atom stereocenters. The monoisotopic (exact) mass is 269 g/mol. The van der Waals surface area contributed by atoms with Crippen molar-refractivity contribution >= 4 is 5.97 Å². The molecule has 100 valence electrons. The molecule has 3 nitrogen and oxygen atoms in total. The maximum Gasteiger partial charge on any atom is 0.418 e. The Labute approximate surface area is 98.6 Å². The van der Waals surface area contributed by atoms with Gasteiger partial charge < -0.3 is 4.74 Å². The van der Waals surface area contributed by atoms with E-state index in [-0.39, 0.29) is 0 Å². The number of hydrogen-bond acceptors (Lipinski definition) is 3. The molecule has 0 aliphatic rings. The summed E-state index contributed by atoms with van der Waals surface area (Å²) in [6.07, 6.45) is -7.88. The number of rotatable bonds is 3. The van der Waals surface area contributed by atoms with Gasteiger partial charge in [0.15, 0.2) is 0 Å². The van der Waals surface area contributed by atoms with Gasteiger partial charge in [-0.1, -0.05) is 0 Å². The van der Waals surface area contributed by atoms with Gasteiger partial charge in [-0.2, -0.15) is 13.2 Å². The Morgan fingerprint density at radius 3 is 2.44 bits per heavy atom. The summed E-state index contributed by atoms with van der Waals surface area (Å²) in [5.74, 6) is -1.03. The molecule has 1 rings (SSSR count). The van der Waals surface area contributed by atoms with Crippen molar-refractivity contribution in [2.24, 2.45) is 0 Å². The Balaban J connectivity index is 3.34. The molecule has 0 bridgehead atoms. The molecular formula is C10H8F5NO2. The van der Waals surface area contributed by atoms with Gasteiger partial charge in [-0.05, 0) is 5.56 Å². The Morgan fingerprint density at radius 2 is 2.00 bits per heavy atom. The minimum absolute atomic E-state index is 0.407. The molecule has 8 heteroatoms. The zero-order chi connectivity index (χ0) is 13.9. The topological polar surface area (TPSA) is 39.2 Å². The Bertz CT molecular complexity index is 444. The summed E-state index contributed by atoms with van der Waals surface area (Å²) in [4.78, 5) is 14.1. The molecule has 18 heavy (non-hydrogen) atoms. The number of ether oxygens (including phenoxy) is 1. The van der Waals surface area contributed by atoms with E-state index in [1.807, 2.05) is 0 Å². The average Bonchev–Trinajstić information content (AvgIpc) is 2.27. The third-order valence-corrected chi connectivity index (χ3v) is 2.18. The van der Waals surface area contributed by atoms with Crippen LogP contribution in [-0.2, 0) is 22.1 Å². The number of pyridine rings is 1. The van der Waals surface area contributed by atoms with E-state index < -0.39 is 41.7 Å². The molecule has 0 saturated carbocycles. The van der Waals surface area contributed by atoms with Crippen molar-refractivity contribution in [2.75, 3.05) is 7.11 Å². The van der Waals surface area contributed by atoms with Crippen LogP contribution >= 0.6 is 0 Å². The number of methoxy groups -OCH3 is 1. The predicted octanol–water partition coefficient (Wildman–Crippen LogP) is 2.75. The van der Waals surface area contributed by atoms with Crippen LogP contribution in [0.2, 0.25) is 0 Å². The Kier molecular flexibility index (Phi) is 4.20. The fourth-order valence-corrected chi connectivity index (χ4v) is 1.35. The number of nitrogens with zero attached hydrogens (tertiary/aromatic N) is 1. The molecule has 0 aromatic carbocycles. The zero-order valence-electron chi connectivity index (χ0n) is 9.09. The molecule has 0 atom stereocenters. The lowest BCUT2D eigenvalue weighted by Crippen LogP contribution is -2.16. The quantitative estimate of drug-likeness (QED) is 0.625. The second-order valence-electron chi connectivity index (χ2n) is 3.31. The second kappa shape index (κ2) is 5.28. The van der Waals surface area contributed by atoms with Crippen LogP contribution < -0.4 is 0 Å². The largest absolute Gasteiger partial charge is 0.469 e. The fourth-order valence-electron chi connectivity index (χ4n) is 1.35. The lowest BCUT2D eigenvalue weighted by Gasteiger charge is -2.15. The van der Waals surface area contributed by atoms with Gasteiger partial charge in [-0.3, -0.25) is 9.78 Å². The summed E-state index contributed by atoms with van der Waals surface area (Å²) in [7, 11) is 0.957. The van der Waals surface area contributed by atoms with E-state index in [0.29, 0.717) is 12.4 Å². The predicted molar refractivity (Wildman–Crippen MR) is 49.9 cm³/mol. The van der Waals surface area contributed by atoms with Crippen molar-refractivity contribution in [3.8, 4) is 0 Å².